The van der Waals surface area contributed by atoms with Crippen LogP contribution in [0.3, 0.4) is 0 Å². The Labute approximate surface area is 121 Å². The predicted molar refractivity (Wildman–Crippen MR) is 85.9 cm³/mol. The SMILES string of the molecule is C.C.C.C.C=CCOCCOCC(C)OCC(C)O. The quantitative estimate of drug-likeness (QED) is 0.492. The first kappa shape index (κ1) is 31.1. The van der Waals surface area contributed by atoms with Gasteiger partial charge in [-0.25, -0.2) is 0 Å². The third-order valence-corrected chi connectivity index (χ3v) is 1.58. The molecule has 0 aliphatic carbocycles. The lowest BCUT2D eigenvalue weighted by molar-refractivity contribution is -0.0443. The van der Waals surface area contributed by atoms with Gasteiger partial charge >= 0.3 is 0 Å². The summed E-state index contributed by atoms with van der Waals surface area (Å²) in [5.74, 6) is 0. The van der Waals surface area contributed by atoms with E-state index in [2.05, 4.69) is 6.58 Å². The molecule has 0 spiro atoms. The summed E-state index contributed by atoms with van der Waals surface area (Å²) in [5, 5.41) is 8.97. The van der Waals surface area contributed by atoms with Crippen molar-refractivity contribution in [3.8, 4) is 0 Å². The third-order valence-electron chi connectivity index (χ3n) is 1.58. The van der Waals surface area contributed by atoms with Gasteiger partial charge in [0.15, 0.2) is 0 Å². The molecule has 0 rings (SSSR count). The molecule has 0 fully saturated rings. The number of aliphatic hydroxyl groups is 1. The van der Waals surface area contributed by atoms with Crippen LogP contribution in [0, 0.1) is 0 Å². The number of hydrogen-bond donors (Lipinski definition) is 1. The summed E-state index contributed by atoms with van der Waals surface area (Å²) in [5.41, 5.74) is 0. The molecule has 0 aliphatic rings. The molecule has 2 atom stereocenters. The van der Waals surface area contributed by atoms with E-state index in [1.54, 1.807) is 13.0 Å². The van der Waals surface area contributed by atoms with Gasteiger partial charge in [0.05, 0.1) is 45.2 Å². The van der Waals surface area contributed by atoms with Gasteiger partial charge in [0, 0.05) is 0 Å². The van der Waals surface area contributed by atoms with E-state index in [9.17, 15) is 0 Å². The van der Waals surface area contributed by atoms with Gasteiger partial charge in [0.2, 0.25) is 0 Å². The Kier molecular flexibility index (Phi) is 37.3. The second-order valence-electron chi connectivity index (χ2n) is 3.43. The van der Waals surface area contributed by atoms with Crippen molar-refractivity contribution in [2.75, 3.05) is 33.0 Å². The topological polar surface area (TPSA) is 47.9 Å². The van der Waals surface area contributed by atoms with Crippen LogP contribution in [0.4, 0.5) is 0 Å². The van der Waals surface area contributed by atoms with Gasteiger partial charge in [-0.05, 0) is 13.8 Å². The molecule has 4 heteroatoms. The largest absolute Gasteiger partial charge is 0.391 e. The number of rotatable bonds is 10. The number of ether oxygens (including phenoxy) is 3. The molecule has 122 valence electrons. The normalized spacial score (nSPS) is 11.7. The molecular formula is C15H38O4. The third kappa shape index (κ3) is 27.0. The maximum Gasteiger partial charge on any atom is 0.0781 e. The lowest BCUT2D eigenvalue weighted by atomic mass is 10.4. The summed E-state index contributed by atoms with van der Waals surface area (Å²) in [6, 6.07) is 0. The molecule has 0 aromatic rings. The molecule has 0 bridgehead atoms. The van der Waals surface area contributed by atoms with Gasteiger partial charge in [-0.3, -0.25) is 0 Å². The van der Waals surface area contributed by atoms with Crippen molar-refractivity contribution in [3.05, 3.63) is 12.7 Å². The first-order chi connectivity index (χ1) is 7.16. The fraction of sp³-hybridized carbons (Fsp3) is 0.867. The summed E-state index contributed by atoms with van der Waals surface area (Å²) in [6.45, 7) is 9.67. The van der Waals surface area contributed by atoms with E-state index in [1.807, 2.05) is 6.92 Å². The summed E-state index contributed by atoms with van der Waals surface area (Å²) in [4.78, 5) is 0. The molecule has 2 unspecified atom stereocenters. The van der Waals surface area contributed by atoms with Crippen LogP contribution in [-0.2, 0) is 14.2 Å². The molecule has 0 aliphatic heterocycles. The zero-order chi connectivity index (χ0) is 11.5. The fourth-order valence-corrected chi connectivity index (χ4v) is 0.885. The highest BCUT2D eigenvalue weighted by Gasteiger charge is 2.04. The predicted octanol–water partition coefficient (Wildman–Crippen LogP) is 3.54. The van der Waals surface area contributed by atoms with E-state index in [0.717, 1.165) is 0 Å². The average molecular weight is 282 g/mol. The van der Waals surface area contributed by atoms with Gasteiger partial charge in [0.25, 0.3) is 0 Å². The van der Waals surface area contributed by atoms with Gasteiger partial charge in [-0.1, -0.05) is 35.8 Å². The maximum atomic E-state index is 8.97. The molecule has 0 heterocycles. The van der Waals surface area contributed by atoms with E-state index in [4.69, 9.17) is 19.3 Å². The van der Waals surface area contributed by atoms with Crippen LogP contribution in [-0.4, -0.2) is 50.3 Å². The molecule has 4 nitrogen and oxygen atoms in total. The smallest absolute Gasteiger partial charge is 0.0781 e. The van der Waals surface area contributed by atoms with Crippen molar-refractivity contribution in [3.63, 3.8) is 0 Å². The second-order valence-corrected chi connectivity index (χ2v) is 3.43. The Morgan fingerprint density at radius 2 is 1.53 bits per heavy atom. The number of hydrogen-bond acceptors (Lipinski definition) is 4. The molecule has 0 saturated heterocycles. The molecule has 19 heavy (non-hydrogen) atoms. The van der Waals surface area contributed by atoms with E-state index in [-0.39, 0.29) is 35.8 Å². The van der Waals surface area contributed by atoms with Crippen LogP contribution in [0.25, 0.3) is 0 Å². The Hall–Kier alpha value is -0.420. The van der Waals surface area contributed by atoms with E-state index >= 15 is 0 Å². The zero-order valence-electron chi connectivity index (χ0n) is 9.65. The van der Waals surface area contributed by atoms with Crippen molar-refractivity contribution in [2.45, 2.75) is 55.8 Å². The molecule has 0 aromatic carbocycles. The maximum absolute atomic E-state index is 8.97. The average Bonchev–Trinajstić information content (AvgIpc) is 2.20. The Balaban J connectivity index is -0.000000163. The lowest BCUT2D eigenvalue weighted by Crippen LogP contribution is -2.22. The van der Waals surface area contributed by atoms with Gasteiger partial charge in [0.1, 0.15) is 0 Å². The zero-order valence-corrected chi connectivity index (χ0v) is 9.65. The summed E-state index contributed by atoms with van der Waals surface area (Å²) in [7, 11) is 0. The first-order valence-electron chi connectivity index (χ1n) is 5.22. The highest BCUT2D eigenvalue weighted by atomic mass is 16.5. The fourth-order valence-electron chi connectivity index (χ4n) is 0.885. The monoisotopic (exact) mass is 282 g/mol. The number of aliphatic hydroxyl groups excluding tert-OH is 1. The molecule has 0 amide bonds. The lowest BCUT2D eigenvalue weighted by Gasteiger charge is -2.14. The van der Waals surface area contributed by atoms with E-state index < -0.39 is 6.10 Å². The van der Waals surface area contributed by atoms with Crippen LogP contribution in [0.1, 0.15) is 43.6 Å². The Bertz CT molecular complexity index is 149. The van der Waals surface area contributed by atoms with Crippen molar-refractivity contribution >= 4 is 0 Å². The van der Waals surface area contributed by atoms with Gasteiger partial charge in [-0.2, -0.15) is 0 Å². The minimum absolute atomic E-state index is 0. The standard InChI is InChI=1S/C11H22O4.4CH4/c1-4-5-13-6-7-14-9-11(3)15-8-10(2)12;;;;/h4,10-12H,1,5-9H2,2-3H3;4*1H4. The van der Waals surface area contributed by atoms with Crippen molar-refractivity contribution in [1.29, 1.82) is 0 Å². The van der Waals surface area contributed by atoms with Gasteiger partial charge in [-0.15, -0.1) is 6.58 Å². The van der Waals surface area contributed by atoms with Crippen LogP contribution < -0.4 is 0 Å². The molecule has 1 N–H and O–H groups in total. The van der Waals surface area contributed by atoms with Crippen molar-refractivity contribution in [2.24, 2.45) is 0 Å². The highest BCUT2D eigenvalue weighted by Crippen LogP contribution is 1.94. The van der Waals surface area contributed by atoms with Crippen LogP contribution >= 0.6 is 0 Å². The van der Waals surface area contributed by atoms with Crippen LogP contribution in [0.2, 0.25) is 0 Å². The Morgan fingerprint density at radius 3 is 2.00 bits per heavy atom. The molecule has 0 saturated carbocycles. The van der Waals surface area contributed by atoms with Crippen LogP contribution in [0.5, 0.6) is 0 Å². The Morgan fingerprint density at radius 1 is 1.00 bits per heavy atom. The molecular weight excluding hydrogens is 244 g/mol. The van der Waals surface area contributed by atoms with Crippen molar-refractivity contribution < 1.29 is 19.3 Å². The first-order valence-corrected chi connectivity index (χ1v) is 5.22. The van der Waals surface area contributed by atoms with Crippen molar-refractivity contribution in [1.82, 2.24) is 0 Å². The van der Waals surface area contributed by atoms with E-state index in [1.165, 1.54) is 0 Å². The molecule has 0 aromatic heterocycles. The highest BCUT2D eigenvalue weighted by molar-refractivity contribution is 4.63. The summed E-state index contributed by atoms with van der Waals surface area (Å²) >= 11 is 0. The minimum Gasteiger partial charge on any atom is -0.391 e. The second kappa shape index (κ2) is 22.7. The minimum atomic E-state index is -0.427. The van der Waals surface area contributed by atoms with Gasteiger partial charge < -0.3 is 19.3 Å². The summed E-state index contributed by atoms with van der Waals surface area (Å²) in [6.07, 6.45) is 1.27. The molecule has 0 radical (unpaired) electrons. The van der Waals surface area contributed by atoms with Crippen LogP contribution in [0.15, 0.2) is 12.7 Å². The summed E-state index contributed by atoms with van der Waals surface area (Å²) < 4.78 is 15.7. The van der Waals surface area contributed by atoms with E-state index in [0.29, 0.717) is 33.0 Å².